The molecule has 230 valence electrons. The van der Waals surface area contributed by atoms with Gasteiger partial charge in [-0.15, -0.1) is 0 Å². The van der Waals surface area contributed by atoms with E-state index in [1.165, 1.54) is 36.9 Å². The van der Waals surface area contributed by atoms with E-state index in [0.717, 1.165) is 51.1 Å². The number of alkyl halides is 2. The number of benzene rings is 1. The summed E-state index contributed by atoms with van der Waals surface area (Å²) in [4.78, 5) is 23.2. The molecule has 0 radical (unpaired) electrons. The van der Waals surface area contributed by atoms with E-state index in [4.69, 9.17) is 4.98 Å². The molecule has 3 aliphatic rings. The number of carbonyl (C=O) groups is 1. The molecule has 2 aliphatic carbocycles. The first-order valence-electron chi connectivity index (χ1n) is 16.3. The lowest BCUT2D eigenvalue weighted by Crippen LogP contribution is -2.56. The number of piperazine rings is 1. The zero-order valence-electron chi connectivity index (χ0n) is 25.2. The van der Waals surface area contributed by atoms with E-state index in [2.05, 4.69) is 51.6 Å². The van der Waals surface area contributed by atoms with Crippen molar-refractivity contribution in [3.05, 3.63) is 65.5 Å². The molecule has 8 heteroatoms. The highest BCUT2D eigenvalue weighted by atomic mass is 19.3. The van der Waals surface area contributed by atoms with Crippen molar-refractivity contribution in [2.24, 2.45) is 5.92 Å². The summed E-state index contributed by atoms with van der Waals surface area (Å²) in [5.41, 5.74) is 3.73. The number of hydrogen-bond acceptors (Lipinski definition) is 5. The summed E-state index contributed by atoms with van der Waals surface area (Å²) in [5.74, 6) is -3.06. The van der Waals surface area contributed by atoms with Gasteiger partial charge in [-0.1, -0.05) is 56.2 Å². The molecule has 2 fully saturated rings. The van der Waals surface area contributed by atoms with Crippen LogP contribution < -0.4 is 10.6 Å². The highest BCUT2D eigenvalue weighted by Gasteiger charge is 2.38. The van der Waals surface area contributed by atoms with Gasteiger partial charge in [-0.2, -0.15) is 0 Å². The van der Waals surface area contributed by atoms with Gasteiger partial charge in [-0.25, -0.2) is 8.78 Å². The molecule has 1 aromatic carbocycles. The maximum Gasteiger partial charge on any atom is 0.248 e. The minimum Gasteiger partial charge on any atom is -0.348 e. The Hall–Kier alpha value is -2.42. The van der Waals surface area contributed by atoms with Crippen molar-refractivity contribution >= 4 is 5.91 Å². The third-order valence-electron chi connectivity index (χ3n) is 9.50. The fraction of sp³-hybridized carbons (Fsp3) is 0.647. The van der Waals surface area contributed by atoms with Crippen LogP contribution in [0.3, 0.4) is 0 Å². The molecular formula is C34H49F2N5O. The van der Waals surface area contributed by atoms with Gasteiger partial charge >= 0.3 is 0 Å². The third kappa shape index (κ3) is 8.35. The first-order valence-corrected chi connectivity index (χ1v) is 16.3. The Kier molecular flexibility index (Phi) is 11.0. The zero-order chi connectivity index (χ0) is 29.4. The summed E-state index contributed by atoms with van der Waals surface area (Å²) >= 11 is 0. The number of aryl methyl sites for hydroxylation is 1. The van der Waals surface area contributed by atoms with Gasteiger partial charge in [-0.3, -0.25) is 19.6 Å². The predicted molar refractivity (Wildman–Crippen MR) is 163 cm³/mol. The number of pyridine rings is 1. The molecule has 2 aromatic rings. The molecule has 5 rings (SSSR count). The lowest BCUT2D eigenvalue weighted by Gasteiger charge is -2.41. The number of nitrogens with zero attached hydrogens (tertiary/aromatic N) is 3. The maximum absolute atomic E-state index is 13.7. The number of carbonyl (C=O) groups excluding carboxylic acids is 1. The Morgan fingerprint density at radius 1 is 1.14 bits per heavy atom. The van der Waals surface area contributed by atoms with Crippen LogP contribution in [0.25, 0.3) is 0 Å². The Labute approximate surface area is 250 Å². The van der Waals surface area contributed by atoms with Crippen molar-refractivity contribution < 1.29 is 13.6 Å². The summed E-state index contributed by atoms with van der Waals surface area (Å²) in [6, 6.07) is 14.9. The minimum absolute atomic E-state index is 0.0865. The van der Waals surface area contributed by atoms with Crippen LogP contribution in [0.1, 0.15) is 93.6 Å². The van der Waals surface area contributed by atoms with Crippen LogP contribution in [0.5, 0.6) is 0 Å². The quantitative estimate of drug-likeness (QED) is 0.306. The number of fused-ring (bicyclic) bond motifs is 1. The van der Waals surface area contributed by atoms with Crippen LogP contribution in [0.4, 0.5) is 8.78 Å². The molecule has 0 bridgehead atoms. The van der Waals surface area contributed by atoms with E-state index in [-0.39, 0.29) is 43.6 Å². The molecule has 0 unspecified atom stereocenters. The number of unbranched alkanes of at least 4 members (excludes halogenated alkanes) is 2. The number of amides is 1. The van der Waals surface area contributed by atoms with E-state index < -0.39 is 5.92 Å². The van der Waals surface area contributed by atoms with Gasteiger partial charge < -0.3 is 10.6 Å². The lowest BCUT2D eigenvalue weighted by molar-refractivity contribution is -0.130. The van der Waals surface area contributed by atoms with Crippen molar-refractivity contribution in [1.29, 1.82) is 0 Å². The van der Waals surface area contributed by atoms with Crippen molar-refractivity contribution in [3.8, 4) is 0 Å². The molecule has 1 aromatic heterocycles. The second kappa shape index (κ2) is 14.8. The lowest BCUT2D eigenvalue weighted by atomic mass is 9.86. The molecule has 1 amide bonds. The molecule has 0 spiro atoms. The number of aromatic nitrogens is 1. The highest BCUT2D eigenvalue weighted by Crippen LogP contribution is 2.37. The fourth-order valence-electron chi connectivity index (χ4n) is 7.11. The van der Waals surface area contributed by atoms with Gasteiger partial charge in [0, 0.05) is 63.7 Å². The van der Waals surface area contributed by atoms with E-state index in [1.807, 2.05) is 24.4 Å². The van der Waals surface area contributed by atoms with Gasteiger partial charge in [0.2, 0.25) is 11.8 Å². The molecule has 2 heterocycles. The predicted octanol–water partition coefficient (Wildman–Crippen LogP) is 5.91. The van der Waals surface area contributed by atoms with Crippen LogP contribution in [-0.4, -0.2) is 71.9 Å². The SMILES string of the molecule is CCCCCN(C[C@H]1CN(C[C@@H](NC(=O)C2CCC(F)(F)CC2)c2ccccc2)CCN1)[C@H]1CCCc2cccnc21. The number of rotatable bonds is 12. The van der Waals surface area contributed by atoms with Gasteiger partial charge in [-0.05, 0) is 62.3 Å². The van der Waals surface area contributed by atoms with Crippen molar-refractivity contribution in [2.75, 3.05) is 39.3 Å². The molecule has 1 saturated carbocycles. The molecular weight excluding hydrogens is 532 g/mol. The van der Waals surface area contributed by atoms with Gasteiger partial charge in [0.15, 0.2) is 0 Å². The summed E-state index contributed by atoms with van der Waals surface area (Å²) in [6.07, 6.45) is 9.17. The van der Waals surface area contributed by atoms with E-state index in [1.54, 1.807) is 0 Å². The summed E-state index contributed by atoms with van der Waals surface area (Å²) in [5, 5.41) is 7.05. The van der Waals surface area contributed by atoms with Crippen molar-refractivity contribution in [3.63, 3.8) is 0 Å². The Morgan fingerprint density at radius 3 is 2.74 bits per heavy atom. The van der Waals surface area contributed by atoms with Gasteiger partial charge in [0.05, 0.1) is 17.8 Å². The third-order valence-corrected chi connectivity index (χ3v) is 9.50. The van der Waals surface area contributed by atoms with Crippen LogP contribution in [0.15, 0.2) is 48.7 Å². The molecule has 6 nitrogen and oxygen atoms in total. The average molecular weight is 582 g/mol. The Bertz CT molecular complexity index is 1120. The standard InChI is InChI=1S/C34H49F2N5O/c1-2-3-7-21-41(31-14-8-12-27-13-9-19-38-32(27)31)24-29-23-40(22-20-37-29)25-30(26-10-5-4-6-11-26)39-33(42)28-15-17-34(35,36)18-16-28/h4-6,9-11,13,19,28-31,37H,2-3,7-8,12,14-18,20-25H2,1H3,(H,39,42)/t29-,30-,31+/m1/s1. The zero-order valence-corrected chi connectivity index (χ0v) is 25.2. The largest absolute Gasteiger partial charge is 0.348 e. The first-order chi connectivity index (χ1) is 20.4. The fourth-order valence-corrected chi connectivity index (χ4v) is 7.11. The maximum atomic E-state index is 13.7. The molecule has 42 heavy (non-hydrogen) atoms. The number of halogens is 2. The van der Waals surface area contributed by atoms with Crippen LogP contribution >= 0.6 is 0 Å². The van der Waals surface area contributed by atoms with E-state index >= 15 is 0 Å². The van der Waals surface area contributed by atoms with Crippen LogP contribution in [0.2, 0.25) is 0 Å². The average Bonchev–Trinajstić information content (AvgIpc) is 3.00. The first kappa shape index (κ1) is 31.0. The Balaban J connectivity index is 1.24. The normalized spacial score (nSPS) is 23.8. The number of hydrogen-bond donors (Lipinski definition) is 2. The van der Waals surface area contributed by atoms with Gasteiger partial charge in [0.1, 0.15) is 0 Å². The second-order valence-corrected chi connectivity index (χ2v) is 12.7. The topological polar surface area (TPSA) is 60.5 Å². The minimum atomic E-state index is -2.63. The smallest absolute Gasteiger partial charge is 0.248 e. The van der Waals surface area contributed by atoms with Gasteiger partial charge in [0.25, 0.3) is 0 Å². The van der Waals surface area contributed by atoms with Crippen LogP contribution in [0, 0.1) is 5.92 Å². The van der Waals surface area contributed by atoms with Crippen LogP contribution in [-0.2, 0) is 11.2 Å². The molecule has 2 N–H and O–H groups in total. The van der Waals surface area contributed by atoms with Crippen molar-refractivity contribution in [2.45, 2.75) is 95.2 Å². The Morgan fingerprint density at radius 2 is 1.95 bits per heavy atom. The second-order valence-electron chi connectivity index (χ2n) is 12.7. The van der Waals surface area contributed by atoms with E-state index in [0.29, 0.717) is 18.6 Å². The molecule has 1 aliphatic heterocycles. The van der Waals surface area contributed by atoms with Crippen molar-refractivity contribution in [1.82, 2.24) is 25.4 Å². The highest BCUT2D eigenvalue weighted by molar-refractivity contribution is 5.79. The summed E-state index contributed by atoms with van der Waals surface area (Å²) < 4.78 is 27.5. The number of nitrogens with one attached hydrogen (secondary N) is 2. The molecule has 3 atom stereocenters. The van der Waals surface area contributed by atoms with E-state index in [9.17, 15) is 13.6 Å². The molecule has 1 saturated heterocycles. The summed E-state index contributed by atoms with van der Waals surface area (Å²) in [6.45, 7) is 7.74. The monoisotopic (exact) mass is 581 g/mol. The summed E-state index contributed by atoms with van der Waals surface area (Å²) in [7, 11) is 0.